The molecule has 0 N–H and O–H groups in total. The lowest BCUT2D eigenvalue weighted by molar-refractivity contribution is -0.123. The topological polar surface area (TPSA) is 41.4 Å². The lowest BCUT2D eigenvalue weighted by atomic mass is 9.94. The summed E-state index contributed by atoms with van der Waals surface area (Å²) >= 11 is 0. The van der Waals surface area contributed by atoms with Crippen LogP contribution in [-0.2, 0) is 17.9 Å². The Bertz CT molecular complexity index is 973. The van der Waals surface area contributed by atoms with Crippen molar-refractivity contribution in [2.45, 2.75) is 25.9 Å². The van der Waals surface area contributed by atoms with E-state index in [2.05, 4.69) is 51.0 Å². The molecule has 142 valence electrons. The summed E-state index contributed by atoms with van der Waals surface area (Å²) in [5, 5.41) is 0. The molecule has 1 saturated heterocycles. The maximum absolute atomic E-state index is 13.5. The lowest BCUT2D eigenvalue weighted by Gasteiger charge is -2.35. The summed E-state index contributed by atoms with van der Waals surface area (Å²) in [6.07, 6.45) is 7.54. The molecule has 0 bridgehead atoms. The second kappa shape index (κ2) is 7.15. The minimum absolute atomic E-state index is 0.0765. The highest BCUT2D eigenvalue weighted by Gasteiger charge is 2.31. The van der Waals surface area contributed by atoms with Gasteiger partial charge in [0.15, 0.2) is 0 Å². The molecule has 1 fully saturated rings. The third kappa shape index (κ3) is 3.07. The van der Waals surface area contributed by atoms with Gasteiger partial charge in [-0.05, 0) is 48.7 Å². The Kier molecular flexibility index (Phi) is 4.35. The lowest BCUT2D eigenvalue weighted by Crippen LogP contribution is -2.42. The van der Waals surface area contributed by atoms with Crippen molar-refractivity contribution in [2.24, 2.45) is 5.92 Å². The number of rotatable bonds is 2. The van der Waals surface area contributed by atoms with Gasteiger partial charge in [-0.15, -0.1) is 0 Å². The highest BCUT2D eigenvalue weighted by atomic mass is 16.2. The molecule has 5 nitrogen and oxygen atoms in total. The van der Waals surface area contributed by atoms with Gasteiger partial charge in [0.05, 0.1) is 6.54 Å². The average molecular weight is 372 g/mol. The fraction of sp³-hybridized carbons (Fsp3) is 0.304. The minimum atomic E-state index is 0.0765. The molecule has 5 heteroatoms. The van der Waals surface area contributed by atoms with Gasteiger partial charge >= 0.3 is 0 Å². The van der Waals surface area contributed by atoms with Crippen LogP contribution >= 0.6 is 0 Å². The van der Waals surface area contributed by atoms with Crippen molar-refractivity contribution in [3.05, 3.63) is 78.4 Å². The standard InChI is InChI=1S/C23H24N4O/c28-23(18-9-14-25(15-10-18)20-7-11-24-12-8-20)27-17-21-5-3-13-26(21)16-19-4-1-2-6-22(19)27/h1-8,11-13,18H,9-10,14-17H2. The van der Waals surface area contributed by atoms with Crippen molar-refractivity contribution in [1.82, 2.24) is 9.55 Å². The third-order valence-electron chi connectivity index (χ3n) is 6.00. The van der Waals surface area contributed by atoms with E-state index in [1.807, 2.05) is 35.5 Å². The molecule has 2 aliphatic heterocycles. The van der Waals surface area contributed by atoms with Crippen LogP contribution in [0.5, 0.6) is 0 Å². The molecule has 4 heterocycles. The van der Waals surface area contributed by atoms with E-state index in [1.54, 1.807) is 0 Å². The SMILES string of the molecule is O=C(C1CCN(c2ccncc2)CC1)N1Cc2cccn2Cc2ccccc21. The first-order valence-corrected chi connectivity index (χ1v) is 9.98. The number of nitrogens with zero attached hydrogens (tertiary/aromatic N) is 4. The molecule has 2 aromatic heterocycles. The van der Waals surface area contributed by atoms with Gasteiger partial charge in [-0.1, -0.05) is 18.2 Å². The summed E-state index contributed by atoms with van der Waals surface area (Å²) in [6.45, 7) is 3.29. The second-order valence-corrected chi connectivity index (χ2v) is 7.65. The molecule has 3 aromatic rings. The number of aromatic nitrogens is 2. The highest BCUT2D eigenvalue weighted by molar-refractivity contribution is 5.96. The predicted octanol–water partition coefficient (Wildman–Crippen LogP) is 3.69. The Morgan fingerprint density at radius 3 is 2.54 bits per heavy atom. The fourth-order valence-corrected chi connectivity index (χ4v) is 4.44. The Hall–Kier alpha value is -3.08. The zero-order valence-corrected chi connectivity index (χ0v) is 15.9. The Morgan fingerprint density at radius 1 is 0.929 bits per heavy atom. The summed E-state index contributed by atoms with van der Waals surface area (Å²) in [4.78, 5) is 22.0. The third-order valence-corrected chi connectivity index (χ3v) is 6.00. The first-order chi connectivity index (χ1) is 13.8. The number of fused-ring (bicyclic) bond motifs is 2. The van der Waals surface area contributed by atoms with Gasteiger partial charge in [0.25, 0.3) is 0 Å². The number of pyridine rings is 1. The molecule has 0 unspecified atom stereocenters. The number of anilines is 2. The van der Waals surface area contributed by atoms with Crippen LogP contribution in [0.3, 0.4) is 0 Å². The van der Waals surface area contributed by atoms with Gasteiger partial charge in [0.2, 0.25) is 5.91 Å². The highest BCUT2D eigenvalue weighted by Crippen LogP contribution is 2.31. The van der Waals surface area contributed by atoms with Gasteiger partial charge in [-0.2, -0.15) is 0 Å². The number of amides is 1. The van der Waals surface area contributed by atoms with Gasteiger partial charge in [-0.3, -0.25) is 9.78 Å². The van der Waals surface area contributed by atoms with Crippen LogP contribution in [0.1, 0.15) is 24.1 Å². The van der Waals surface area contributed by atoms with Gasteiger partial charge in [0.1, 0.15) is 0 Å². The minimum Gasteiger partial charge on any atom is -0.371 e. The van der Waals surface area contributed by atoms with Crippen molar-refractivity contribution in [3.63, 3.8) is 0 Å². The molecule has 0 atom stereocenters. The zero-order valence-electron chi connectivity index (χ0n) is 15.9. The molecule has 5 rings (SSSR count). The van der Waals surface area contributed by atoms with E-state index in [0.29, 0.717) is 6.54 Å². The zero-order chi connectivity index (χ0) is 18.9. The van der Waals surface area contributed by atoms with Crippen molar-refractivity contribution < 1.29 is 4.79 Å². The number of para-hydroxylation sites is 1. The van der Waals surface area contributed by atoms with Crippen LogP contribution < -0.4 is 9.80 Å². The first-order valence-electron chi connectivity index (χ1n) is 9.98. The number of piperidine rings is 1. The average Bonchev–Trinajstić information content (AvgIpc) is 3.13. The van der Waals surface area contributed by atoms with E-state index in [1.165, 1.54) is 16.9 Å². The van der Waals surface area contributed by atoms with Crippen molar-refractivity contribution in [3.8, 4) is 0 Å². The Labute approximate surface area is 165 Å². The van der Waals surface area contributed by atoms with E-state index in [4.69, 9.17) is 0 Å². The van der Waals surface area contributed by atoms with Crippen LogP contribution in [-0.4, -0.2) is 28.5 Å². The number of carbonyl (C=O) groups excluding carboxylic acids is 1. The van der Waals surface area contributed by atoms with E-state index >= 15 is 0 Å². The second-order valence-electron chi connectivity index (χ2n) is 7.65. The molecular weight excluding hydrogens is 348 g/mol. The Morgan fingerprint density at radius 2 is 1.71 bits per heavy atom. The molecule has 1 amide bonds. The maximum Gasteiger partial charge on any atom is 0.230 e. The van der Waals surface area contributed by atoms with Crippen LogP contribution in [0.2, 0.25) is 0 Å². The van der Waals surface area contributed by atoms with Crippen LogP contribution in [0.25, 0.3) is 0 Å². The van der Waals surface area contributed by atoms with Crippen molar-refractivity contribution in [1.29, 1.82) is 0 Å². The van der Waals surface area contributed by atoms with E-state index in [9.17, 15) is 4.79 Å². The van der Waals surface area contributed by atoms with Crippen LogP contribution in [0.4, 0.5) is 11.4 Å². The summed E-state index contributed by atoms with van der Waals surface area (Å²) in [5.41, 5.74) is 4.66. The molecule has 1 aromatic carbocycles. The maximum atomic E-state index is 13.5. The van der Waals surface area contributed by atoms with E-state index in [0.717, 1.165) is 38.2 Å². The van der Waals surface area contributed by atoms with E-state index in [-0.39, 0.29) is 11.8 Å². The quantitative estimate of drug-likeness (QED) is 0.689. The largest absolute Gasteiger partial charge is 0.371 e. The van der Waals surface area contributed by atoms with Gasteiger partial charge in [0, 0.05) is 61.2 Å². The Balaban J connectivity index is 1.37. The molecule has 0 saturated carbocycles. The number of carbonyl (C=O) groups is 1. The van der Waals surface area contributed by atoms with Crippen molar-refractivity contribution in [2.75, 3.05) is 22.9 Å². The fourth-order valence-electron chi connectivity index (χ4n) is 4.44. The number of benzene rings is 1. The molecule has 0 spiro atoms. The summed E-state index contributed by atoms with van der Waals surface area (Å²) in [6, 6.07) is 16.6. The molecular formula is C23H24N4O. The molecule has 2 aliphatic rings. The summed E-state index contributed by atoms with van der Waals surface area (Å²) < 4.78 is 2.25. The monoisotopic (exact) mass is 372 g/mol. The number of hydrogen-bond donors (Lipinski definition) is 0. The molecule has 0 radical (unpaired) electrons. The van der Waals surface area contributed by atoms with Gasteiger partial charge < -0.3 is 14.4 Å². The van der Waals surface area contributed by atoms with E-state index < -0.39 is 0 Å². The predicted molar refractivity (Wildman–Crippen MR) is 110 cm³/mol. The van der Waals surface area contributed by atoms with Crippen LogP contribution in [0.15, 0.2) is 67.1 Å². The first kappa shape index (κ1) is 17.0. The summed E-state index contributed by atoms with van der Waals surface area (Å²) in [5.74, 6) is 0.337. The summed E-state index contributed by atoms with van der Waals surface area (Å²) in [7, 11) is 0. The number of hydrogen-bond acceptors (Lipinski definition) is 3. The van der Waals surface area contributed by atoms with Gasteiger partial charge in [-0.25, -0.2) is 0 Å². The normalized spacial score (nSPS) is 17.0. The smallest absolute Gasteiger partial charge is 0.230 e. The van der Waals surface area contributed by atoms with Crippen molar-refractivity contribution >= 4 is 17.3 Å². The van der Waals surface area contributed by atoms with Crippen LogP contribution in [0, 0.1) is 5.92 Å². The molecule has 28 heavy (non-hydrogen) atoms. The molecule has 0 aliphatic carbocycles.